The van der Waals surface area contributed by atoms with Crippen LogP contribution in [0.1, 0.15) is 35.0 Å². The fraction of sp³-hybridized carbons (Fsp3) is 0.312. The number of amides is 1. The van der Waals surface area contributed by atoms with E-state index in [0.29, 0.717) is 0 Å². The zero-order valence-corrected chi connectivity index (χ0v) is 12.3. The fourth-order valence-corrected chi connectivity index (χ4v) is 3.75. The van der Waals surface area contributed by atoms with Crippen molar-refractivity contribution >= 4 is 17.2 Å². The Balaban J connectivity index is 1.82. The van der Waals surface area contributed by atoms with E-state index in [-0.39, 0.29) is 11.9 Å². The molecule has 3 rings (SSSR count). The van der Waals surface area contributed by atoms with Crippen molar-refractivity contribution < 1.29 is 4.79 Å². The summed E-state index contributed by atoms with van der Waals surface area (Å²) >= 11 is 1.78. The van der Waals surface area contributed by atoms with E-state index in [2.05, 4.69) is 18.4 Å². The lowest BCUT2D eigenvalue weighted by atomic mass is 9.99. The molecule has 104 valence electrons. The lowest BCUT2D eigenvalue weighted by molar-refractivity contribution is -0.135. The zero-order chi connectivity index (χ0) is 14.1. The van der Waals surface area contributed by atoms with Gasteiger partial charge in [0.2, 0.25) is 5.91 Å². The minimum atomic E-state index is -0.571. The fourth-order valence-electron chi connectivity index (χ4n) is 2.79. The molecule has 0 radical (unpaired) electrons. The molecule has 2 N–H and O–H groups in total. The van der Waals surface area contributed by atoms with Crippen molar-refractivity contribution in [2.24, 2.45) is 5.73 Å². The molecule has 1 unspecified atom stereocenters. The van der Waals surface area contributed by atoms with Gasteiger partial charge >= 0.3 is 0 Å². The van der Waals surface area contributed by atoms with Gasteiger partial charge in [0.1, 0.15) is 6.04 Å². The molecule has 0 spiro atoms. The number of nitrogens with zero attached hydrogens (tertiary/aromatic N) is 1. The van der Waals surface area contributed by atoms with E-state index in [1.54, 1.807) is 11.3 Å². The normalized spacial score (nSPS) is 19.5. The standard InChI is InChI=1S/C16H18N2OS/c1-11-13-8-10-20-14(13)7-9-18(11)16(19)15(17)12-5-3-2-4-6-12/h2-6,8,10-11,15H,7,9,17H2,1H3/t11?,15-/m1/s1. The van der Waals surface area contributed by atoms with Gasteiger partial charge in [-0.15, -0.1) is 11.3 Å². The predicted octanol–water partition coefficient (Wildman–Crippen LogP) is 2.89. The number of hydrogen-bond donors (Lipinski definition) is 1. The number of carbonyl (C=O) groups is 1. The second kappa shape index (κ2) is 5.38. The molecule has 0 fully saturated rings. The molecule has 1 aliphatic rings. The molecule has 2 heterocycles. The van der Waals surface area contributed by atoms with E-state index in [0.717, 1.165) is 18.5 Å². The van der Waals surface area contributed by atoms with Crippen molar-refractivity contribution in [3.05, 3.63) is 57.8 Å². The van der Waals surface area contributed by atoms with Crippen LogP contribution in [-0.2, 0) is 11.2 Å². The van der Waals surface area contributed by atoms with E-state index in [9.17, 15) is 4.79 Å². The maximum Gasteiger partial charge on any atom is 0.244 e. The summed E-state index contributed by atoms with van der Waals surface area (Å²) in [5.74, 6) is 0.0144. The molecule has 0 bridgehead atoms. The summed E-state index contributed by atoms with van der Waals surface area (Å²) in [6, 6.07) is 11.3. The molecular weight excluding hydrogens is 268 g/mol. The third kappa shape index (κ3) is 2.25. The number of fused-ring (bicyclic) bond motifs is 1. The van der Waals surface area contributed by atoms with Gasteiger partial charge in [0.05, 0.1) is 6.04 Å². The molecule has 3 nitrogen and oxygen atoms in total. The number of benzene rings is 1. The van der Waals surface area contributed by atoms with Crippen LogP contribution in [0.15, 0.2) is 41.8 Å². The Kier molecular flexibility index (Phi) is 3.59. The molecule has 4 heteroatoms. The van der Waals surface area contributed by atoms with Crippen LogP contribution in [0, 0.1) is 0 Å². The Morgan fingerprint density at radius 3 is 2.85 bits per heavy atom. The Morgan fingerprint density at radius 1 is 1.35 bits per heavy atom. The Bertz CT molecular complexity index is 608. The van der Waals surface area contributed by atoms with Crippen molar-refractivity contribution in [3.63, 3.8) is 0 Å². The van der Waals surface area contributed by atoms with Crippen LogP contribution in [0.4, 0.5) is 0 Å². The van der Waals surface area contributed by atoms with Crippen molar-refractivity contribution in [1.29, 1.82) is 0 Å². The van der Waals surface area contributed by atoms with Crippen LogP contribution >= 0.6 is 11.3 Å². The average molecular weight is 286 g/mol. The van der Waals surface area contributed by atoms with Gasteiger partial charge in [0.15, 0.2) is 0 Å². The first kappa shape index (κ1) is 13.3. The molecular formula is C16H18N2OS. The molecule has 2 atom stereocenters. The van der Waals surface area contributed by atoms with Crippen LogP contribution in [0.25, 0.3) is 0 Å². The Morgan fingerprint density at radius 2 is 2.10 bits per heavy atom. The highest BCUT2D eigenvalue weighted by atomic mass is 32.1. The number of hydrogen-bond acceptors (Lipinski definition) is 3. The van der Waals surface area contributed by atoms with Crippen LogP contribution < -0.4 is 5.73 Å². The van der Waals surface area contributed by atoms with Gasteiger partial charge in [-0.1, -0.05) is 30.3 Å². The van der Waals surface area contributed by atoms with Gasteiger partial charge in [-0.05, 0) is 35.9 Å². The second-order valence-electron chi connectivity index (χ2n) is 5.15. The van der Waals surface area contributed by atoms with Gasteiger partial charge in [-0.2, -0.15) is 0 Å². The maximum absolute atomic E-state index is 12.6. The van der Waals surface area contributed by atoms with Gasteiger partial charge in [-0.3, -0.25) is 4.79 Å². The van der Waals surface area contributed by atoms with Gasteiger partial charge in [0, 0.05) is 11.4 Å². The first-order valence-electron chi connectivity index (χ1n) is 6.85. The third-order valence-electron chi connectivity index (χ3n) is 3.99. The second-order valence-corrected chi connectivity index (χ2v) is 6.15. The van der Waals surface area contributed by atoms with E-state index in [4.69, 9.17) is 5.73 Å². The lowest BCUT2D eigenvalue weighted by Crippen LogP contribution is -2.43. The minimum Gasteiger partial charge on any atom is -0.334 e. The summed E-state index contributed by atoms with van der Waals surface area (Å²) in [5, 5.41) is 2.10. The zero-order valence-electron chi connectivity index (χ0n) is 11.5. The summed E-state index contributed by atoms with van der Waals surface area (Å²) < 4.78 is 0. The summed E-state index contributed by atoms with van der Waals surface area (Å²) in [6.07, 6.45) is 0.935. The van der Waals surface area contributed by atoms with Gasteiger partial charge < -0.3 is 10.6 Å². The van der Waals surface area contributed by atoms with Crippen LogP contribution in [0.2, 0.25) is 0 Å². The molecule has 2 aromatic rings. The SMILES string of the molecule is CC1c2ccsc2CCN1C(=O)[C@H](N)c1ccccc1. The highest BCUT2D eigenvalue weighted by Gasteiger charge is 2.31. The highest BCUT2D eigenvalue weighted by molar-refractivity contribution is 7.10. The van der Waals surface area contributed by atoms with E-state index >= 15 is 0 Å². The average Bonchev–Trinajstić information content (AvgIpc) is 2.96. The topological polar surface area (TPSA) is 46.3 Å². The molecule has 1 aromatic carbocycles. The molecule has 1 amide bonds. The number of rotatable bonds is 2. The van der Waals surface area contributed by atoms with E-state index in [1.165, 1.54) is 10.4 Å². The molecule has 1 aromatic heterocycles. The highest BCUT2D eigenvalue weighted by Crippen LogP contribution is 2.34. The first-order chi connectivity index (χ1) is 9.68. The summed E-state index contributed by atoms with van der Waals surface area (Å²) in [4.78, 5) is 16.0. The molecule has 0 aliphatic carbocycles. The molecule has 20 heavy (non-hydrogen) atoms. The van der Waals surface area contributed by atoms with E-state index < -0.39 is 6.04 Å². The number of carbonyl (C=O) groups excluding carboxylic acids is 1. The molecule has 0 saturated carbocycles. The van der Waals surface area contributed by atoms with Gasteiger partial charge in [0.25, 0.3) is 0 Å². The smallest absolute Gasteiger partial charge is 0.244 e. The van der Waals surface area contributed by atoms with Crippen LogP contribution in [0.3, 0.4) is 0 Å². The monoisotopic (exact) mass is 286 g/mol. The summed E-state index contributed by atoms with van der Waals surface area (Å²) in [6.45, 7) is 2.84. The number of nitrogens with two attached hydrogens (primary N) is 1. The van der Waals surface area contributed by atoms with Crippen molar-refractivity contribution in [3.8, 4) is 0 Å². The maximum atomic E-state index is 12.6. The lowest BCUT2D eigenvalue weighted by Gasteiger charge is -2.35. The minimum absolute atomic E-state index is 0.0144. The first-order valence-corrected chi connectivity index (χ1v) is 7.73. The number of thiophene rings is 1. The van der Waals surface area contributed by atoms with Gasteiger partial charge in [-0.25, -0.2) is 0 Å². The van der Waals surface area contributed by atoms with Crippen LogP contribution in [-0.4, -0.2) is 17.4 Å². The Hall–Kier alpha value is -1.65. The third-order valence-corrected chi connectivity index (χ3v) is 4.98. The summed E-state index contributed by atoms with van der Waals surface area (Å²) in [7, 11) is 0. The molecule has 0 saturated heterocycles. The van der Waals surface area contributed by atoms with Crippen molar-refractivity contribution in [2.45, 2.75) is 25.4 Å². The van der Waals surface area contributed by atoms with Crippen molar-refractivity contribution in [1.82, 2.24) is 4.90 Å². The Labute approximate surface area is 123 Å². The summed E-state index contributed by atoms with van der Waals surface area (Å²) in [5.41, 5.74) is 8.29. The van der Waals surface area contributed by atoms with Crippen LogP contribution in [0.5, 0.6) is 0 Å². The molecule has 1 aliphatic heterocycles. The quantitative estimate of drug-likeness (QED) is 0.922. The largest absolute Gasteiger partial charge is 0.334 e. The van der Waals surface area contributed by atoms with Crippen molar-refractivity contribution in [2.75, 3.05) is 6.54 Å². The predicted molar refractivity (Wildman–Crippen MR) is 81.5 cm³/mol. The van der Waals surface area contributed by atoms with E-state index in [1.807, 2.05) is 35.2 Å².